The standard InChI is InChI=1S/C22H25ClN4O3/c23-17-4-3-15(11-24)16(10-17)12-26-20(28)19-2-1-9-27(19)21(29)22(30)7-5-14-6-8-25-13-18(14)22/h3-4,6,8,10,13,19,30H,1-2,5,7,9,11-12,24H2,(H,26,28). The number of aryl methyl sites for hydroxylation is 1. The summed E-state index contributed by atoms with van der Waals surface area (Å²) in [5.74, 6) is -0.658. The zero-order valence-electron chi connectivity index (χ0n) is 16.6. The molecule has 2 aliphatic rings. The number of fused-ring (bicyclic) bond motifs is 1. The molecule has 1 aromatic carbocycles. The molecule has 2 amide bonds. The van der Waals surface area contributed by atoms with E-state index in [9.17, 15) is 14.7 Å². The predicted molar refractivity (Wildman–Crippen MR) is 112 cm³/mol. The fourth-order valence-electron chi connectivity index (χ4n) is 4.46. The predicted octanol–water partition coefficient (Wildman–Crippen LogP) is 1.63. The van der Waals surface area contributed by atoms with Gasteiger partial charge in [-0.25, -0.2) is 0 Å². The van der Waals surface area contributed by atoms with Gasteiger partial charge in [-0.1, -0.05) is 17.7 Å². The van der Waals surface area contributed by atoms with Crippen LogP contribution in [0.25, 0.3) is 0 Å². The molecule has 2 heterocycles. The van der Waals surface area contributed by atoms with Crippen molar-refractivity contribution in [2.24, 2.45) is 5.73 Å². The van der Waals surface area contributed by atoms with Gasteiger partial charge in [-0.15, -0.1) is 0 Å². The topological polar surface area (TPSA) is 109 Å². The molecular formula is C22H25ClN4O3. The second-order valence-corrected chi connectivity index (χ2v) is 8.32. The van der Waals surface area contributed by atoms with E-state index >= 15 is 0 Å². The summed E-state index contributed by atoms with van der Waals surface area (Å²) in [6.45, 7) is 1.07. The molecule has 2 unspecified atom stereocenters. The van der Waals surface area contributed by atoms with Crippen LogP contribution in [0.2, 0.25) is 5.02 Å². The van der Waals surface area contributed by atoms with Crippen LogP contribution < -0.4 is 11.1 Å². The molecule has 2 aromatic rings. The SMILES string of the molecule is NCc1ccc(Cl)cc1CNC(=O)C1CCCN1C(=O)C1(O)CCc2ccncc21. The molecule has 4 N–H and O–H groups in total. The number of amides is 2. The van der Waals surface area contributed by atoms with E-state index in [1.54, 1.807) is 24.5 Å². The Morgan fingerprint density at radius 2 is 2.17 bits per heavy atom. The Hall–Kier alpha value is -2.48. The fraction of sp³-hybridized carbons (Fsp3) is 0.409. The minimum atomic E-state index is -1.62. The lowest BCUT2D eigenvalue weighted by Crippen LogP contribution is -2.52. The number of carbonyl (C=O) groups excluding carboxylic acids is 2. The molecule has 1 saturated heterocycles. The summed E-state index contributed by atoms with van der Waals surface area (Å²) in [4.78, 5) is 31.8. The van der Waals surface area contributed by atoms with E-state index in [1.165, 1.54) is 4.90 Å². The maximum absolute atomic E-state index is 13.3. The van der Waals surface area contributed by atoms with Crippen LogP contribution in [0.5, 0.6) is 0 Å². The highest BCUT2D eigenvalue weighted by Crippen LogP contribution is 2.39. The number of aromatic nitrogens is 1. The Labute approximate surface area is 180 Å². The number of rotatable bonds is 5. The van der Waals surface area contributed by atoms with Crippen molar-refractivity contribution in [3.05, 3.63) is 63.9 Å². The molecule has 0 bridgehead atoms. The number of aliphatic hydroxyl groups is 1. The monoisotopic (exact) mass is 428 g/mol. The van der Waals surface area contributed by atoms with Crippen molar-refractivity contribution in [3.8, 4) is 0 Å². The van der Waals surface area contributed by atoms with E-state index in [0.29, 0.717) is 49.4 Å². The molecule has 2 atom stereocenters. The van der Waals surface area contributed by atoms with Crippen LogP contribution >= 0.6 is 11.6 Å². The van der Waals surface area contributed by atoms with Crippen LogP contribution in [0.15, 0.2) is 36.7 Å². The molecule has 8 heteroatoms. The van der Waals surface area contributed by atoms with Crippen molar-refractivity contribution in [1.29, 1.82) is 0 Å². The van der Waals surface area contributed by atoms with E-state index in [1.807, 2.05) is 12.1 Å². The first-order valence-corrected chi connectivity index (χ1v) is 10.5. The summed E-state index contributed by atoms with van der Waals surface area (Å²) in [6.07, 6.45) is 5.41. The number of likely N-dealkylation sites (tertiary alicyclic amines) is 1. The van der Waals surface area contributed by atoms with Gasteiger partial charge in [-0.2, -0.15) is 0 Å². The molecule has 1 aliphatic carbocycles. The van der Waals surface area contributed by atoms with Gasteiger partial charge in [0.25, 0.3) is 5.91 Å². The molecular weight excluding hydrogens is 404 g/mol. The summed E-state index contributed by atoms with van der Waals surface area (Å²) < 4.78 is 0. The maximum Gasteiger partial charge on any atom is 0.259 e. The average Bonchev–Trinajstić information content (AvgIpc) is 3.38. The molecule has 30 heavy (non-hydrogen) atoms. The van der Waals surface area contributed by atoms with Crippen molar-refractivity contribution in [2.75, 3.05) is 6.54 Å². The number of nitrogens with one attached hydrogen (secondary N) is 1. The van der Waals surface area contributed by atoms with Crippen LogP contribution in [0.3, 0.4) is 0 Å². The number of halogens is 1. The van der Waals surface area contributed by atoms with Gasteiger partial charge in [0.05, 0.1) is 0 Å². The van der Waals surface area contributed by atoms with Gasteiger partial charge in [0.2, 0.25) is 5.91 Å². The van der Waals surface area contributed by atoms with Crippen LogP contribution in [-0.4, -0.2) is 39.4 Å². The van der Waals surface area contributed by atoms with Crippen LogP contribution in [0, 0.1) is 0 Å². The average molecular weight is 429 g/mol. The summed E-state index contributed by atoms with van der Waals surface area (Å²) in [6, 6.07) is 6.61. The van der Waals surface area contributed by atoms with E-state index in [0.717, 1.165) is 16.7 Å². The number of nitrogens with zero attached hydrogens (tertiary/aromatic N) is 2. The van der Waals surface area contributed by atoms with E-state index < -0.39 is 17.6 Å². The Bertz CT molecular complexity index is 983. The molecule has 4 rings (SSSR count). The third-order valence-electron chi connectivity index (χ3n) is 6.12. The Morgan fingerprint density at radius 1 is 1.33 bits per heavy atom. The Balaban J connectivity index is 1.48. The highest BCUT2D eigenvalue weighted by molar-refractivity contribution is 6.30. The number of pyridine rings is 1. The number of hydrogen-bond donors (Lipinski definition) is 3. The van der Waals surface area contributed by atoms with Gasteiger partial charge in [0.1, 0.15) is 6.04 Å². The molecule has 1 aromatic heterocycles. The minimum Gasteiger partial charge on any atom is -0.375 e. The highest BCUT2D eigenvalue weighted by atomic mass is 35.5. The number of hydrogen-bond acceptors (Lipinski definition) is 5. The van der Waals surface area contributed by atoms with E-state index in [2.05, 4.69) is 10.3 Å². The molecule has 0 spiro atoms. The van der Waals surface area contributed by atoms with Gasteiger partial charge in [0.15, 0.2) is 5.60 Å². The summed E-state index contributed by atoms with van der Waals surface area (Å²) in [7, 11) is 0. The number of nitrogens with two attached hydrogens (primary N) is 1. The Morgan fingerprint density at radius 3 is 2.97 bits per heavy atom. The first-order valence-electron chi connectivity index (χ1n) is 10.2. The highest BCUT2D eigenvalue weighted by Gasteiger charge is 2.49. The lowest BCUT2D eigenvalue weighted by Gasteiger charge is -2.32. The van der Waals surface area contributed by atoms with Crippen LogP contribution in [0.4, 0.5) is 0 Å². The van der Waals surface area contributed by atoms with Crippen molar-refractivity contribution in [3.63, 3.8) is 0 Å². The molecule has 0 saturated carbocycles. The smallest absolute Gasteiger partial charge is 0.259 e. The zero-order chi connectivity index (χ0) is 21.3. The van der Waals surface area contributed by atoms with Crippen molar-refractivity contribution in [1.82, 2.24) is 15.2 Å². The van der Waals surface area contributed by atoms with Crippen LogP contribution in [-0.2, 0) is 34.7 Å². The summed E-state index contributed by atoms with van der Waals surface area (Å²) >= 11 is 6.07. The number of carbonyl (C=O) groups is 2. The van der Waals surface area contributed by atoms with Gasteiger partial charge in [-0.05, 0) is 60.6 Å². The molecule has 7 nitrogen and oxygen atoms in total. The van der Waals surface area contributed by atoms with Crippen molar-refractivity contribution >= 4 is 23.4 Å². The van der Waals surface area contributed by atoms with E-state index in [4.69, 9.17) is 17.3 Å². The lowest BCUT2D eigenvalue weighted by molar-refractivity contribution is -0.155. The quantitative estimate of drug-likeness (QED) is 0.670. The second kappa shape index (κ2) is 8.34. The van der Waals surface area contributed by atoms with Gasteiger partial charge >= 0.3 is 0 Å². The van der Waals surface area contributed by atoms with Gasteiger partial charge in [0, 0.05) is 42.6 Å². The normalized spacial score (nSPS) is 22.8. The summed E-state index contributed by atoms with van der Waals surface area (Å²) in [5.41, 5.74) is 7.39. The van der Waals surface area contributed by atoms with Gasteiger partial charge < -0.3 is 21.1 Å². The second-order valence-electron chi connectivity index (χ2n) is 7.88. The van der Waals surface area contributed by atoms with E-state index in [-0.39, 0.29) is 12.5 Å². The first-order chi connectivity index (χ1) is 14.4. The van der Waals surface area contributed by atoms with Crippen LogP contribution in [0.1, 0.15) is 41.5 Å². The Kier molecular flexibility index (Phi) is 5.77. The number of benzene rings is 1. The maximum atomic E-state index is 13.3. The third-order valence-corrected chi connectivity index (χ3v) is 6.36. The zero-order valence-corrected chi connectivity index (χ0v) is 17.4. The molecule has 1 aliphatic heterocycles. The molecule has 158 valence electrons. The first kappa shape index (κ1) is 20.8. The van der Waals surface area contributed by atoms with Gasteiger partial charge in [-0.3, -0.25) is 14.6 Å². The lowest BCUT2D eigenvalue weighted by atomic mass is 9.95. The fourth-order valence-corrected chi connectivity index (χ4v) is 4.66. The largest absolute Gasteiger partial charge is 0.375 e. The minimum absolute atomic E-state index is 0.239. The van der Waals surface area contributed by atoms with Crippen molar-refractivity contribution in [2.45, 2.75) is 50.4 Å². The van der Waals surface area contributed by atoms with Crippen molar-refractivity contribution < 1.29 is 14.7 Å². The molecule has 0 radical (unpaired) electrons. The molecule has 1 fully saturated rings. The third kappa shape index (κ3) is 3.69. The summed E-state index contributed by atoms with van der Waals surface area (Å²) in [5, 5.41) is 14.7.